The van der Waals surface area contributed by atoms with Gasteiger partial charge in [-0.15, -0.1) is 0 Å². The Morgan fingerprint density at radius 1 is 1.03 bits per heavy atom. The maximum absolute atomic E-state index is 13.7. The van der Waals surface area contributed by atoms with Crippen LogP contribution in [0.4, 0.5) is 4.79 Å². The summed E-state index contributed by atoms with van der Waals surface area (Å²) in [6.45, 7) is 7.86. The third kappa shape index (κ3) is 5.22. The van der Waals surface area contributed by atoms with Gasteiger partial charge in [0, 0.05) is 23.8 Å². The molecule has 1 amide bonds. The van der Waals surface area contributed by atoms with Crippen molar-refractivity contribution in [1.82, 2.24) is 14.7 Å². The van der Waals surface area contributed by atoms with E-state index in [4.69, 9.17) is 10.00 Å². The van der Waals surface area contributed by atoms with Gasteiger partial charge in [0.25, 0.3) is 5.91 Å². The number of nitrogens with zero attached hydrogens (tertiary/aromatic N) is 4. The van der Waals surface area contributed by atoms with Crippen LogP contribution in [0.5, 0.6) is 0 Å². The molecular weight excluding hydrogens is 476 g/mol. The molecule has 1 heterocycles. The summed E-state index contributed by atoms with van der Waals surface area (Å²) in [6, 6.07) is 17.6. The first-order valence-corrected chi connectivity index (χ1v) is 13.4. The SMILES string of the molecule is CC(C)C(C)(C)OC(=O)n1cc2c(n1)CCC(N(C(=O)c1ccc(-c3ccc(C#N)cc3)cc1)C1CC1)C2. The number of benzene rings is 2. The number of amides is 1. The summed E-state index contributed by atoms with van der Waals surface area (Å²) in [6.07, 6.45) is 5.59. The van der Waals surface area contributed by atoms with Gasteiger partial charge in [-0.25, -0.2) is 4.79 Å². The second kappa shape index (κ2) is 10.1. The van der Waals surface area contributed by atoms with Gasteiger partial charge in [-0.2, -0.15) is 15.0 Å². The Morgan fingerprint density at radius 2 is 1.66 bits per heavy atom. The minimum atomic E-state index is -0.586. The highest BCUT2D eigenvalue weighted by Crippen LogP contribution is 2.35. The molecule has 0 radical (unpaired) electrons. The molecule has 1 saturated carbocycles. The van der Waals surface area contributed by atoms with Crippen molar-refractivity contribution in [3.63, 3.8) is 0 Å². The fourth-order valence-electron chi connectivity index (χ4n) is 4.88. The van der Waals surface area contributed by atoms with Crippen LogP contribution in [-0.2, 0) is 17.6 Å². The standard InChI is InChI=1S/C31H34N4O3/c1-20(2)31(3,4)38-30(37)34-19-25-17-27(15-16-28(25)33-34)35(26-13-14-26)29(36)24-11-9-23(10-12-24)22-7-5-21(18-32)6-8-22/h5-12,19-20,26-27H,13-17H2,1-4H3. The second-order valence-corrected chi connectivity index (χ2v) is 11.3. The van der Waals surface area contributed by atoms with Crippen molar-refractivity contribution in [3.05, 3.63) is 77.1 Å². The zero-order valence-corrected chi connectivity index (χ0v) is 22.5. The van der Waals surface area contributed by atoms with E-state index in [1.807, 2.05) is 64.1 Å². The number of ether oxygens (including phenoxy) is 1. The van der Waals surface area contributed by atoms with Crippen molar-refractivity contribution in [2.45, 2.75) is 77.5 Å². The molecule has 2 aliphatic carbocycles. The van der Waals surface area contributed by atoms with Crippen molar-refractivity contribution in [1.29, 1.82) is 5.26 Å². The average molecular weight is 511 g/mol. The third-order valence-corrected chi connectivity index (χ3v) is 8.02. The lowest BCUT2D eigenvalue weighted by Crippen LogP contribution is -2.44. The molecule has 0 bridgehead atoms. The van der Waals surface area contributed by atoms with Gasteiger partial charge in [0.05, 0.1) is 17.3 Å². The Kier molecular flexibility index (Phi) is 6.83. The van der Waals surface area contributed by atoms with E-state index in [1.54, 1.807) is 18.3 Å². The smallest absolute Gasteiger partial charge is 0.435 e. The predicted octanol–water partition coefficient (Wildman–Crippen LogP) is 6.00. The zero-order valence-electron chi connectivity index (χ0n) is 22.5. The molecule has 0 aliphatic heterocycles. The van der Waals surface area contributed by atoms with Gasteiger partial charge in [0.1, 0.15) is 5.60 Å². The maximum Gasteiger partial charge on any atom is 0.435 e. The Hall–Kier alpha value is -3.92. The largest absolute Gasteiger partial charge is 0.442 e. The summed E-state index contributed by atoms with van der Waals surface area (Å²) >= 11 is 0. The lowest BCUT2D eigenvalue weighted by atomic mass is 9.91. The molecule has 7 nitrogen and oxygen atoms in total. The van der Waals surface area contributed by atoms with E-state index in [9.17, 15) is 9.59 Å². The van der Waals surface area contributed by atoms with E-state index in [2.05, 4.69) is 16.1 Å². The number of aromatic nitrogens is 2. The number of fused-ring (bicyclic) bond motifs is 1. The molecular formula is C31H34N4O3. The van der Waals surface area contributed by atoms with Gasteiger partial charge in [0.2, 0.25) is 0 Å². The Balaban J connectivity index is 1.30. The van der Waals surface area contributed by atoms with Crippen molar-refractivity contribution in [3.8, 4) is 17.2 Å². The topological polar surface area (TPSA) is 88.2 Å². The van der Waals surface area contributed by atoms with E-state index >= 15 is 0 Å². The molecule has 38 heavy (non-hydrogen) atoms. The monoisotopic (exact) mass is 510 g/mol. The lowest BCUT2D eigenvalue weighted by Gasteiger charge is -2.34. The Labute approximate surface area is 224 Å². The highest BCUT2D eigenvalue weighted by Gasteiger charge is 2.40. The molecule has 5 rings (SSSR count). The fourth-order valence-corrected chi connectivity index (χ4v) is 4.88. The normalized spacial score (nSPS) is 17.0. The molecule has 2 aromatic carbocycles. The zero-order chi connectivity index (χ0) is 27.0. The van der Waals surface area contributed by atoms with Crippen LogP contribution < -0.4 is 0 Å². The van der Waals surface area contributed by atoms with Gasteiger partial charge >= 0.3 is 6.09 Å². The number of hydrogen-bond acceptors (Lipinski definition) is 5. The number of rotatable bonds is 6. The fraction of sp³-hybridized carbons (Fsp3) is 0.419. The van der Waals surface area contributed by atoms with Crippen LogP contribution in [0, 0.1) is 17.2 Å². The number of carbonyl (C=O) groups is 2. The minimum absolute atomic E-state index is 0.0535. The van der Waals surface area contributed by atoms with Gasteiger partial charge < -0.3 is 9.64 Å². The number of aryl methyl sites for hydroxylation is 1. The van der Waals surface area contributed by atoms with Gasteiger partial charge in [0.15, 0.2) is 0 Å². The van der Waals surface area contributed by atoms with E-state index in [0.717, 1.165) is 48.1 Å². The summed E-state index contributed by atoms with van der Waals surface area (Å²) in [5.41, 5.74) is 4.65. The minimum Gasteiger partial charge on any atom is -0.442 e. The highest BCUT2D eigenvalue weighted by molar-refractivity contribution is 5.95. The quantitative estimate of drug-likeness (QED) is 0.406. The molecule has 0 spiro atoms. The molecule has 0 N–H and O–H groups in total. The van der Waals surface area contributed by atoms with Crippen molar-refractivity contribution >= 4 is 12.0 Å². The first-order valence-electron chi connectivity index (χ1n) is 13.4. The molecule has 1 fully saturated rings. The third-order valence-electron chi connectivity index (χ3n) is 8.02. The van der Waals surface area contributed by atoms with Crippen molar-refractivity contribution < 1.29 is 14.3 Å². The predicted molar refractivity (Wildman–Crippen MR) is 145 cm³/mol. The van der Waals surface area contributed by atoms with Crippen LogP contribution in [-0.4, -0.2) is 44.4 Å². The average Bonchev–Trinajstić information content (AvgIpc) is 3.65. The van der Waals surface area contributed by atoms with Crippen LogP contribution >= 0.6 is 0 Å². The number of carbonyl (C=O) groups excluding carboxylic acids is 2. The summed E-state index contributed by atoms with van der Waals surface area (Å²) < 4.78 is 7.04. The Morgan fingerprint density at radius 3 is 2.24 bits per heavy atom. The molecule has 3 aromatic rings. The van der Waals surface area contributed by atoms with E-state index in [0.29, 0.717) is 17.5 Å². The van der Waals surface area contributed by atoms with Crippen molar-refractivity contribution in [2.24, 2.45) is 5.92 Å². The molecule has 1 aromatic heterocycles. The first kappa shape index (κ1) is 25.7. The summed E-state index contributed by atoms with van der Waals surface area (Å²) in [4.78, 5) is 28.5. The van der Waals surface area contributed by atoms with Crippen LogP contribution in [0.2, 0.25) is 0 Å². The summed E-state index contributed by atoms with van der Waals surface area (Å²) in [7, 11) is 0. The van der Waals surface area contributed by atoms with Gasteiger partial charge in [-0.05, 0) is 92.8 Å². The maximum atomic E-state index is 13.7. The lowest BCUT2D eigenvalue weighted by molar-refractivity contribution is 0.00420. The van der Waals surface area contributed by atoms with Gasteiger partial charge in [-0.1, -0.05) is 38.1 Å². The summed E-state index contributed by atoms with van der Waals surface area (Å²) in [5.74, 6) is 0.232. The molecule has 2 aliphatic rings. The molecule has 7 heteroatoms. The molecule has 1 unspecified atom stereocenters. The van der Waals surface area contributed by atoms with Crippen LogP contribution in [0.3, 0.4) is 0 Å². The van der Waals surface area contributed by atoms with Crippen LogP contribution in [0.25, 0.3) is 11.1 Å². The van der Waals surface area contributed by atoms with E-state index in [-0.39, 0.29) is 23.9 Å². The first-order chi connectivity index (χ1) is 18.2. The molecule has 196 valence electrons. The van der Waals surface area contributed by atoms with Crippen LogP contribution in [0.15, 0.2) is 54.7 Å². The Bertz CT molecular complexity index is 1380. The van der Waals surface area contributed by atoms with E-state index in [1.165, 1.54) is 4.68 Å². The highest BCUT2D eigenvalue weighted by atomic mass is 16.6. The summed E-state index contributed by atoms with van der Waals surface area (Å²) in [5, 5.41) is 13.5. The number of nitriles is 1. The molecule has 0 saturated heterocycles. The number of hydrogen-bond donors (Lipinski definition) is 0. The van der Waals surface area contributed by atoms with Crippen molar-refractivity contribution in [2.75, 3.05) is 0 Å². The van der Waals surface area contributed by atoms with Crippen LogP contribution in [0.1, 0.15) is 74.1 Å². The molecule has 1 atom stereocenters. The van der Waals surface area contributed by atoms with E-state index < -0.39 is 11.7 Å². The van der Waals surface area contributed by atoms with Gasteiger partial charge in [-0.3, -0.25) is 4.79 Å². The second-order valence-electron chi connectivity index (χ2n) is 11.3.